The van der Waals surface area contributed by atoms with Gasteiger partial charge < -0.3 is 11.1 Å². The Morgan fingerprint density at radius 1 is 1.53 bits per heavy atom. The van der Waals surface area contributed by atoms with Gasteiger partial charge in [0.05, 0.1) is 3.79 Å². The second-order valence-corrected chi connectivity index (χ2v) is 6.61. The Kier molecular flexibility index (Phi) is 4.20. The van der Waals surface area contributed by atoms with E-state index in [0.717, 1.165) is 19.1 Å². The summed E-state index contributed by atoms with van der Waals surface area (Å²) in [5.41, 5.74) is 5.81. The zero-order chi connectivity index (χ0) is 10.7. The Hall–Kier alpha value is 0.1000. The van der Waals surface area contributed by atoms with E-state index in [0.29, 0.717) is 5.92 Å². The number of rotatable bonds is 5. The molecular formula is C11H17BrN2S. The molecule has 0 saturated heterocycles. The van der Waals surface area contributed by atoms with E-state index in [4.69, 9.17) is 5.73 Å². The summed E-state index contributed by atoms with van der Waals surface area (Å²) in [6, 6.07) is 5.03. The van der Waals surface area contributed by atoms with E-state index in [2.05, 4.69) is 33.4 Å². The van der Waals surface area contributed by atoms with Crippen molar-refractivity contribution in [1.82, 2.24) is 5.32 Å². The van der Waals surface area contributed by atoms with E-state index < -0.39 is 0 Å². The van der Waals surface area contributed by atoms with Gasteiger partial charge in [0, 0.05) is 29.9 Å². The van der Waals surface area contributed by atoms with Crippen molar-refractivity contribution >= 4 is 27.3 Å². The summed E-state index contributed by atoms with van der Waals surface area (Å²) >= 11 is 5.29. The molecule has 2 rings (SSSR count). The normalized spacial score (nSPS) is 18.8. The number of thiophene rings is 1. The first-order valence-corrected chi connectivity index (χ1v) is 7.09. The molecule has 0 amide bonds. The van der Waals surface area contributed by atoms with Crippen molar-refractivity contribution in [2.24, 2.45) is 5.73 Å². The summed E-state index contributed by atoms with van der Waals surface area (Å²) in [7, 11) is 0. The van der Waals surface area contributed by atoms with Crippen molar-refractivity contribution in [3.63, 3.8) is 0 Å². The quantitative estimate of drug-likeness (QED) is 0.874. The SMILES string of the molecule is NCC(CNC1CCC1)c1ccc(Br)s1. The minimum absolute atomic E-state index is 0.474. The summed E-state index contributed by atoms with van der Waals surface area (Å²) in [5.74, 6) is 0.474. The minimum Gasteiger partial charge on any atom is -0.330 e. The minimum atomic E-state index is 0.474. The lowest BCUT2D eigenvalue weighted by molar-refractivity contribution is 0.333. The zero-order valence-corrected chi connectivity index (χ0v) is 11.1. The Bertz CT molecular complexity index is 309. The predicted molar refractivity (Wildman–Crippen MR) is 69.5 cm³/mol. The Labute approximate surface area is 103 Å². The molecule has 1 saturated carbocycles. The van der Waals surface area contributed by atoms with Crippen LogP contribution in [0.15, 0.2) is 15.9 Å². The van der Waals surface area contributed by atoms with Crippen molar-refractivity contribution in [3.8, 4) is 0 Å². The molecule has 1 aliphatic carbocycles. The maximum atomic E-state index is 5.81. The van der Waals surface area contributed by atoms with E-state index >= 15 is 0 Å². The van der Waals surface area contributed by atoms with E-state index in [1.165, 1.54) is 27.9 Å². The molecular weight excluding hydrogens is 272 g/mol. The maximum absolute atomic E-state index is 5.81. The largest absolute Gasteiger partial charge is 0.330 e. The fourth-order valence-electron chi connectivity index (χ4n) is 1.77. The van der Waals surface area contributed by atoms with Crippen LogP contribution in [-0.2, 0) is 0 Å². The van der Waals surface area contributed by atoms with Gasteiger partial charge in [-0.05, 0) is 40.9 Å². The van der Waals surface area contributed by atoms with Gasteiger partial charge in [-0.1, -0.05) is 6.42 Å². The Morgan fingerprint density at radius 2 is 2.33 bits per heavy atom. The number of halogens is 1. The number of hydrogen-bond donors (Lipinski definition) is 2. The summed E-state index contributed by atoms with van der Waals surface area (Å²) in [4.78, 5) is 1.39. The molecule has 1 aromatic rings. The first-order valence-electron chi connectivity index (χ1n) is 5.48. The first kappa shape index (κ1) is 11.6. The monoisotopic (exact) mass is 288 g/mol. The molecule has 1 aliphatic rings. The molecule has 84 valence electrons. The Balaban J connectivity index is 1.85. The molecule has 1 aromatic heterocycles. The van der Waals surface area contributed by atoms with Gasteiger partial charge in [0.2, 0.25) is 0 Å². The highest BCUT2D eigenvalue weighted by Gasteiger charge is 2.19. The molecule has 1 heterocycles. The van der Waals surface area contributed by atoms with Gasteiger partial charge in [0.15, 0.2) is 0 Å². The number of nitrogens with two attached hydrogens (primary N) is 1. The standard InChI is InChI=1S/C11H17BrN2S/c12-11-5-4-10(15-11)8(6-13)7-14-9-2-1-3-9/h4-5,8-9,14H,1-3,6-7,13H2. The predicted octanol–water partition coefficient (Wildman–Crippen LogP) is 2.70. The van der Waals surface area contributed by atoms with Crippen LogP contribution in [0.2, 0.25) is 0 Å². The van der Waals surface area contributed by atoms with E-state index in [1.807, 2.05) is 0 Å². The van der Waals surface area contributed by atoms with E-state index in [1.54, 1.807) is 11.3 Å². The smallest absolute Gasteiger partial charge is 0.0701 e. The van der Waals surface area contributed by atoms with Crippen LogP contribution in [-0.4, -0.2) is 19.1 Å². The molecule has 0 aliphatic heterocycles. The maximum Gasteiger partial charge on any atom is 0.0701 e. The van der Waals surface area contributed by atoms with Gasteiger partial charge in [-0.25, -0.2) is 0 Å². The third-order valence-electron chi connectivity index (χ3n) is 3.04. The van der Waals surface area contributed by atoms with Crippen LogP contribution in [0.5, 0.6) is 0 Å². The lowest BCUT2D eigenvalue weighted by atomic mass is 9.92. The highest BCUT2D eigenvalue weighted by atomic mass is 79.9. The molecule has 3 N–H and O–H groups in total. The molecule has 0 aromatic carbocycles. The second kappa shape index (κ2) is 5.43. The van der Waals surface area contributed by atoms with E-state index in [-0.39, 0.29) is 0 Å². The molecule has 1 unspecified atom stereocenters. The van der Waals surface area contributed by atoms with Crippen LogP contribution >= 0.6 is 27.3 Å². The van der Waals surface area contributed by atoms with Crippen molar-refractivity contribution in [2.45, 2.75) is 31.2 Å². The summed E-state index contributed by atoms with van der Waals surface area (Å²) in [6.45, 7) is 1.75. The molecule has 1 fully saturated rings. The van der Waals surface area contributed by atoms with Gasteiger partial charge in [-0.3, -0.25) is 0 Å². The van der Waals surface area contributed by atoms with Crippen LogP contribution in [0, 0.1) is 0 Å². The van der Waals surface area contributed by atoms with Gasteiger partial charge in [0.1, 0.15) is 0 Å². The third kappa shape index (κ3) is 3.03. The summed E-state index contributed by atoms with van der Waals surface area (Å²) in [6.07, 6.45) is 4.06. The summed E-state index contributed by atoms with van der Waals surface area (Å²) in [5, 5.41) is 3.59. The molecule has 0 bridgehead atoms. The average Bonchev–Trinajstić information content (AvgIpc) is 2.56. The van der Waals surface area contributed by atoms with Crippen LogP contribution in [0.1, 0.15) is 30.1 Å². The van der Waals surface area contributed by atoms with Crippen molar-refractivity contribution in [3.05, 3.63) is 20.8 Å². The Morgan fingerprint density at radius 3 is 2.80 bits per heavy atom. The molecule has 2 nitrogen and oxygen atoms in total. The van der Waals surface area contributed by atoms with Crippen LogP contribution in [0.3, 0.4) is 0 Å². The van der Waals surface area contributed by atoms with E-state index in [9.17, 15) is 0 Å². The average molecular weight is 289 g/mol. The van der Waals surface area contributed by atoms with Crippen LogP contribution in [0.25, 0.3) is 0 Å². The van der Waals surface area contributed by atoms with Crippen molar-refractivity contribution in [2.75, 3.05) is 13.1 Å². The zero-order valence-electron chi connectivity index (χ0n) is 8.71. The number of hydrogen-bond acceptors (Lipinski definition) is 3. The summed E-state index contributed by atoms with van der Waals surface area (Å²) < 4.78 is 1.19. The highest BCUT2D eigenvalue weighted by molar-refractivity contribution is 9.11. The number of nitrogens with one attached hydrogen (secondary N) is 1. The molecule has 0 radical (unpaired) electrons. The lowest BCUT2D eigenvalue weighted by Gasteiger charge is -2.28. The second-order valence-electron chi connectivity index (χ2n) is 4.11. The van der Waals surface area contributed by atoms with Gasteiger partial charge >= 0.3 is 0 Å². The molecule has 1 atom stereocenters. The van der Waals surface area contributed by atoms with Gasteiger partial charge in [-0.15, -0.1) is 11.3 Å². The fraction of sp³-hybridized carbons (Fsp3) is 0.636. The first-order chi connectivity index (χ1) is 7.29. The van der Waals surface area contributed by atoms with Crippen LogP contribution in [0.4, 0.5) is 0 Å². The highest BCUT2D eigenvalue weighted by Crippen LogP contribution is 2.28. The molecule has 4 heteroatoms. The third-order valence-corrected chi connectivity index (χ3v) is 4.83. The molecule has 0 spiro atoms. The topological polar surface area (TPSA) is 38.0 Å². The van der Waals surface area contributed by atoms with Crippen molar-refractivity contribution < 1.29 is 0 Å². The van der Waals surface area contributed by atoms with Crippen molar-refractivity contribution in [1.29, 1.82) is 0 Å². The lowest BCUT2D eigenvalue weighted by Crippen LogP contribution is -2.38. The van der Waals surface area contributed by atoms with Gasteiger partial charge in [-0.2, -0.15) is 0 Å². The molecule has 15 heavy (non-hydrogen) atoms. The fourth-order valence-corrected chi connectivity index (χ4v) is 3.31. The van der Waals surface area contributed by atoms with Crippen LogP contribution < -0.4 is 11.1 Å². The van der Waals surface area contributed by atoms with Gasteiger partial charge in [0.25, 0.3) is 0 Å².